The second kappa shape index (κ2) is 7.03. The molecular formula is C19H14Cl2N2O3S. The normalized spacial score (nSPS) is 12.2. The second-order valence-electron chi connectivity index (χ2n) is 5.79. The molecule has 0 bridgehead atoms. The molecule has 138 valence electrons. The van der Waals surface area contributed by atoms with E-state index in [1.54, 1.807) is 35.9 Å². The SMILES string of the molecule is CCOc1cccc2cc(C(=O)N=c3sc4c(Cl)ccc(Cl)c4n3C)oc12. The molecule has 2 aromatic carbocycles. The van der Waals surface area contributed by atoms with Crippen LogP contribution in [0, 0.1) is 0 Å². The molecule has 4 rings (SSSR count). The molecule has 0 aliphatic heterocycles. The monoisotopic (exact) mass is 420 g/mol. The predicted molar refractivity (Wildman–Crippen MR) is 108 cm³/mol. The second-order valence-corrected chi connectivity index (χ2v) is 7.58. The Labute approximate surface area is 168 Å². The molecule has 2 aromatic heterocycles. The molecule has 0 spiro atoms. The van der Waals surface area contributed by atoms with E-state index in [-0.39, 0.29) is 5.76 Å². The lowest BCUT2D eigenvalue weighted by molar-refractivity contribution is 0.0973. The Morgan fingerprint density at radius 1 is 1.26 bits per heavy atom. The molecule has 0 unspecified atom stereocenters. The number of furan rings is 1. The largest absolute Gasteiger partial charge is 0.490 e. The number of hydrogen-bond donors (Lipinski definition) is 0. The van der Waals surface area contributed by atoms with E-state index in [0.717, 1.165) is 15.6 Å². The zero-order chi connectivity index (χ0) is 19.1. The maximum absolute atomic E-state index is 12.7. The average Bonchev–Trinajstić information content (AvgIpc) is 3.22. The number of carbonyl (C=O) groups excluding carboxylic acids is 1. The van der Waals surface area contributed by atoms with Crippen molar-refractivity contribution in [3.8, 4) is 5.75 Å². The maximum Gasteiger partial charge on any atom is 0.315 e. The van der Waals surface area contributed by atoms with Crippen LogP contribution < -0.4 is 9.54 Å². The fraction of sp³-hybridized carbons (Fsp3) is 0.158. The Morgan fingerprint density at radius 3 is 2.78 bits per heavy atom. The molecule has 8 heteroatoms. The number of carbonyl (C=O) groups is 1. The number of aromatic nitrogens is 1. The van der Waals surface area contributed by atoms with Crippen molar-refractivity contribution in [1.82, 2.24) is 4.57 Å². The molecule has 2 heterocycles. The third kappa shape index (κ3) is 3.14. The summed E-state index contributed by atoms with van der Waals surface area (Å²) in [4.78, 5) is 17.4. The number of amides is 1. The molecule has 0 N–H and O–H groups in total. The Bertz CT molecular complexity index is 1250. The van der Waals surface area contributed by atoms with Crippen LogP contribution >= 0.6 is 34.5 Å². The quantitative estimate of drug-likeness (QED) is 0.443. The van der Waals surface area contributed by atoms with Crippen LogP contribution in [0.4, 0.5) is 0 Å². The fourth-order valence-corrected chi connectivity index (χ4v) is 4.50. The van der Waals surface area contributed by atoms with Crippen LogP contribution in [0.15, 0.2) is 45.8 Å². The van der Waals surface area contributed by atoms with E-state index in [4.69, 9.17) is 32.4 Å². The first kappa shape index (κ1) is 18.1. The lowest BCUT2D eigenvalue weighted by Crippen LogP contribution is -2.13. The number of rotatable bonds is 3. The minimum absolute atomic E-state index is 0.145. The van der Waals surface area contributed by atoms with Crippen LogP contribution in [0.5, 0.6) is 5.75 Å². The summed E-state index contributed by atoms with van der Waals surface area (Å²) in [5.41, 5.74) is 1.27. The summed E-state index contributed by atoms with van der Waals surface area (Å²) in [6.45, 7) is 2.40. The van der Waals surface area contributed by atoms with Crippen LogP contribution in [-0.4, -0.2) is 17.1 Å². The van der Waals surface area contributed by atoms with Gasteiger partial charge >= 0.3 is 5.91 Å². The van der Waals surface area contributed by atoms with Crippen molar-refractivity contribution in [1.29, 1.82) is 0 Å². The van der Waals surface area contributed by atoms with E-state index in [1.807, 2.05) is 19.1 Å². The number of fused-ring (bicyclic) bond motifs is 2. The summed E-state index contributed by atoms with van der Waals surface area (Å²) in [5, 5.41) is 1.90. The lowest BCUT2D eigenvalue weighted by atomic mass is 10.2. The number of benzene rings is 2. The van der Waals surface area contributed by atoms with Crippen LogP contribution in [0.2, 0.25) is 10.0 Å². The number of ether oxygens (including phenoxy) is 1. The molecule has 0 atom stereocenters. The molecule has 1 amide bonds. The Morgan fingerprint density at radius 2 is 2.04 bits per heavy atom. The molecule has 0 aliphatic carbocycles. The van der Waals surface area contributed by atoms with Gasteiger partial charge in [0, 0.05) is 12.4 Å². The standard InChI is InChI=1S/C19H14Cl2N2O3S/c1-3-25-13-6-4-5-10-9-14(26-16(10)13)18(24)22-19-23(2)15-11(20)7-8-12(21)17(15)27-19/h4-9H,3H2,1-2H3. The third-order valence-electron chi connectivity index (χ3n) is 4.07. The minimum atomic E-state index is -0.483. The zero-order valence-electron chi connectivity index (χ0n) is 14.5. The molecule has 27 heavy (non-hydrogen) atoms. The number of halogens is 2. The average molecular weight is 421 g/mol. The van der Waals surface area contributed by atoms with E-state index < -0.39 is 5.91 Å². The highest BCUT2D eigenvalue weighted by Gasteiger charge is 2.16. The van der Waals surface area contributed by atoms with Gasteiger partial charge in [-0.3, -0.25) is 4.79 Å². The van der Waals surface area contributed by atoms with Crippen molar-refractivity contribution >= 4 is 61.6 Å². The van der Waals surface area contributed by atoms with Crippen LogP contribution in [0.3, 0.4) is 0 Å². The van der Waals surface area contributed by atoms with E-state index in [2.05, 4.69) is 4.99 Å². The molecular weight excluding hydrogens is 407 g/mol. The summed E-state index contributed by atoms with van der Waals surface area (Å²) in [6, 6.07) is 10.6. The third-order valence-corrected chi connectivity index (χ3v) is 5.96. The lowest BCUT2D eigenvalue weighted by Gasteiger charge is -2.01. The molecule has 0 radical (unpaired) electrons. The summed E-state index contributed by atoms with van der Waals surface area (Å²) in [6.07, 6.45) is 0. The van der Waals surface area contributed by atoms with Crippen molar-refractivity contribution in [3.05, 3.63) is 57.0 Å². The van der Waals surface area contributed by atoms with Gasteiger partial charge in [0.1, 0.15) is 0 Å². The Kier molecular flexibility index (Phi) is 4.72. The van der Waals surface area contributed by atoms with Crippen molar-refractivity contribution in [2.75, 3.05) is 6.61 Å². The number of aryl methyl sites for hydroxylation is 1. The summed E-state index contributed by atoms with van der Waals surface area (Å²) in [5.74, 6) is 0.259. The first-order valence-electron chi connectivity index (χ1n) is 8.17. The molecule has 0 saturated heterocycles. The van der Waals surface area contributed by atoms with Gasteiger partial charge in [-0.25, -0.2) is 0 Å². The summed E-state index contributed by atoms with van der Waals surface area (Å²) >= 11 is 13.8. The number of thiazole rings is 1. The maximum atomic E-state index is 12.7. The fourth-order valence-electron chi connectivity index (χ4n) is 2.84. The molecule has 0 aliphatic rings. The number of para-hydroxylation sites is 1. The number of hydrogen-bond acceptors (Lipinski definition) is 4. The first-order chi connectivity index (χ1) is 13.0. The van der Waals surface area contributed by atoms with E-state index in [0.29, 0.717) is 32.8 Å². The molecule has 4 aromatic rings. The topological polar surface area (TPSA) is 56.7 Å². The van der Waals surface area contributed by atoms with Crippen molar-refractivity contribution in [2.45, 2.75) is 6.92 Å². The van der Waals surface area contributed by atoms with Crippen molar-refractivity contribution in [2.24, 2.45) is 12.0 Å². The van der Waals surface area contributed by atoms with E-state index in [9.17, 15) is 4.79 Å². The summed E-state index contributed by atoms with van der Waals surface area (Å²) in [7, 11) is 1.79. The Balaban J connectivity index is 1.82. The molecule has 0 saturated carbocycles. The zero-order valence-corrected chi connectivity index (χ0v) is 16.8. The number of nitrogens with zero attached hydrogens (tertiary/aromatic N) is 2. The van der Waals surface area contributed by atoms with Gasteiger partial charge in [0.15, 0.2) is 21.9 Å². The van der Waals surface area contributed by atoms with E-state index >= 15 is 0 Å². The van der Waals surface area contributed by atoms with Gasteiger partial charge in [-0.1, -0.05) is 46.7 Å². The highest BCUT2D eigenvalue weighted by atomic mass is 35.5. The van der Waals surface area contributed by atoms with Crippen LogP contribution in [0.25, 0.3) is 21.2 Å². The van der Waals surface area contributed by atoms with Gasteiger partial charge in [0.25, 0.3) is 0 Å². The highest BCUT2D eigenvalue weighted by Crippen LogP contribution is 2.32. The molecule has 0 fully saturated rings. The molecule has 5 nitrogen and oxygen atoms in total. The summed E-state index contributed by atoms with van der Waals surface area (Å²) < 4.78 is 13.8. The van der Waals surface area contributed by atoms with Gasteiger partial charge in [0.05, 0.1) is 26.9 Å². The first-order valence-corrected chi connectivity index (χ1v) is 9.74. The highest BCUT2D eigenvalue weighted by molar-refractivity contribution is 7.17. The van der Waals surface area contributed by atoms with Gasteiger partial charge in [-0.15, -0.1) is 0 Å². The van der Waals surface area contributed by atoms with Gasteiger partial charge in [0.2, 0.25) is 0 Å². The van der Waals surface area contributed by atoms with Gasteiger partial charge < -0.3 is 13.7 Å². The minimum Gasteiger partial charge on any atom is -0.490 e. The van der Waals surface area contributed by atoms with Crippen molar-refractivity contribution in [3.63, 3.8) is 0 Å². The van der Waals surface area contributed by atoms with Gasteiger partial charge in [-0.05, 0) is 31.2 Å². The van der Waals surface area contributed by atoms with E-state index in [1.165, 1.54) is 11.3 Å². The predicted octanol–water partition coefficient (Wildman–Crippen LogP) is 5.43. The van der Waals surface area contributed by atoms with Crippen molar-refractivity contribution < 1.29 is 13.9 Å². The Hall–Kier alpha value is -2.28. The van der Waals surface area contributed by atoms with Gasteiger partial charge in [-0.2, -0.15) is 4.99 Å². The van der Waals surface area contributed by atoms with Crippen LogP contribution in [0.1, 0.15) is 17.5 Å². The smallest absolute Gasteiger partial charge is 0.315 e. The van der Waals surface area contributed by atoms with Crippen LogP contribution in [-0.2, 0) is 7.05 Å².